The van der Waals surface area contributed by atoms with E-state index in [1.807, 2.05) is 6.92 Å². The molecule has 0 radical (unpaired) electrons. The van der Waals surface area contributed by atoms with Gasteiger partial charge >= 0.3 is 5.97 Å². The molecule has 0 fully saturated rings. The summed E-state index contributed by atoms with van der Waals surface area (Å²) in [6.07, 6.45) is 1.74. The molecule has 0 saturated carbocycles. The topological polar surface area (TPSA) is 46.6 Å². The highest BCUT2D eigenvalue weighted by Gasteiger charge is 2.25. The molecule has 5 heteroatoms. The van der Waals surface area contributed by atoms with Crippen LogP contribution >= 0.6 is 0 Å². The Morgan fingerprint density at radius 3 is 2.31 bits per heavy atom. The van der Waals surface area contributed by atoms with Crippen molar-refractivity contribution in [1.82, 2.24) is 4.90 Å². The number of hydrogen-bond acceptors (Lipinski definition) is 3. The van der Waals surface area contributed by atoms with Crippen LogP contribution in [0.25, 0.3) is 0 Å². The Kier molecular flexibility index (Phi) is 6.36. The number of amides is 1. The van der Waals surface area contributed by atoms with Gasteiger partial charge in [-0.15, -0.1) is 0 Å². The van der Waals surface area contributed by atoms with Crippen LogP contribution in [0.2, 0.25) is 0 Å². The molecule has 1 amide bonds. The van der Waals surface area contributed by atoms with E-state index in [-0.39, 0.29) is 18.3 Å². The Hall–Kier alpha value is -2.69. The Morgan fingerprint density at radius 2 is 1.69 bits per heavy atom. The molecule has 0 N–H and O–H groups in total. The molecule has 0 aromatic heterocycles. The smallest absolute Gasteiger partial charge is 0.310 e. The number of nitrogens with zero attached hydrogens (tertiary/aromatic N) is 1. The second kappa shape index (κ2) is 8.76. The second-order valence-electron chi connectivity index (χ2n) is 7.60. The standard InChI is InChI=1S/C24H28FNO3/c1-5-29-23(27)14-22-16(3)15(2)20-9-11-26(12-10-21(20)17(22)4)24(28)18-7-6-8-19(25)13-18/h6-8,13H,5,9-12,14H2,1-4H3. The van der Waals surface area contributed by atoms with Crippen molar-refractivity contribution in [2.75, 3.05) is 19.7 Å². The fourth-order valence-corrected chi connectivity index (χ4v) is 4.28. The first-order chi connectivity index (χ1) is 13.8. The Balaban J connectivity index is 1.88. The molecule has 0 atom stereocenters. The highest BCUT2D eigenvalue weighted by molar-refractivity contribution is 5.94. The number of hydrogen-bond donors (Lipinski definition) is 0. The minimum atomic E-state index is -0.403. The molecule has 0 bridgehead atoms. The SMILES string of the molecule is CCOC(=O)Cc1c(C)c(C)c2c(c1C)CCN(C(=O)c1cccc(F)c1)CC2. The zero-order chi connectivity index (χ0) is 21.1. The van der Waals surface area contributed by atoms with Gasteiger partial charge in [-0.3, -0.25) is 9.59 Å². The number of fused-ring (bicyclic) bond motifs is 1. The number of carbonyl (C=O) groups is 2. The Morgan fingerprint density at radius 1 is 1.03 bits per heavy atom. The monoisotopic (exact) mass is 397 g/mol. The van der Waals surface area contributed by atoms with Crippen LogP contribution in [0.5, 0.6) is 0 Å². The molecule has 0 spiro atoms. The maximum Gasteiger partial charge on any atom is 0.310 e. The number of rotatable bonds is 4. The van der Waals surface area contributed by atoms with Gasteiger partial charge in [-0.25, -0.2) is 4.39 Å². The summed E-state index contributed by atoms with van der Waals surface area (Å²) in [4.78, 5) is 26.8. The van der Waals surface area contributed by atoms with E-state index < -0.39 is 5.82 Å². The highest BCUT2D eigenvalue weighted by Crippen LogP contribution is 2.31. The summed E-state index contributed by atoms with van der Waals surface area (Å²) < 4.78 is 18.7. The first kappa shape index (κ1) is 21.0. The second-order valence-corrected chi connectivity index (χ2v) is 7.60. The van der Waals surface area contributed by atoms with E-state index in [4.69, 9.17) is 4.74 Å². The van der Waals surface area contributed by atoms with Gasteiger partial charge in [0, 0.05) is 18.7 Å². The summed E-state index contributed by atoms with van der Waals surface area (Å²) in [5.41, 5.74) is 7.33. The number of benzene rings is 2. The van der Waals surface area contributed by atoms with Crippen molar-refractivity contribution in [3.8, 4) is 0 Å². The average Bonchev–Trinajstić information content (AvgIpc) is 2.92. The van der Waals surface area contributed by atoms with Gasteiger partial charge in [0.25, 0.3) is 5.91 Å². The molecule has 29 heavy (non-hydrogen) atoms. The van der Waals surface area contributed by atoms with Crippen LogP contribution in [0, 0.1) is 26.6 Å². The fourth-order valence-electron chi connectivity index (χ4n) is 4.28. The van der Waals surface area contributed by atoms with Crippen LogP contribution in [-0.4, -0.2) is 36.5 Å². The van der Waals surface area contributed by atoms with Gasteiger partial charge in [0.15, 0.2) is 0 Å². The first-order valence-electron chi connectivity index (χ1n) is 10.1. The molecule has 0 unspecified atom stereocenters. The minimum absolute atomic E-state index is 0.143. The molecule has 1 heterocycles. The van der Waals surface area contributed by atoms with E-state index in [2.05, 4.69) is 20.8 Å². The average molecular weight is 397 g/mol. The van der Waals surface area contributed by atoms with Gasteiger partial charge in [0.2, 0.25) is 0 Å². The lowest BCUT2D eigenvalue weighted by molar-refractivity contribution is -0.142. The summed E-state index contributed by atoms with van der Waals surface area (Å²) >= 11 is 0. The van der Waals surface area contributed by atoms with E-state index in [0.717, 1.165) is 29.5 Å². The van der Waals surface area contributed by atoms with Gasteiger partial charge in [-0.1, -0.05) is 6.07 Å². The highest BCUT2D eigenvalue weighted by atomic mass is 19.1. The number of ether oxygens (including phenoxy) is 1. The van der Waals surface area contributed by atoms with Crippen LogP contribution in [-0.2, 0) is 28.8 Å². The van der Waals surface area contributed by atoms with E-state index in [1.54, 1.807) is 17.0 Å². The number of esters is 1. The van der Waals surface area contributed by atoms with Gasteiger partial charge < -0.3 is 9.64 Å². The Labute approximate surface area is 171 Å². The van der Waals surface area contributed by atoms with Crippen molar-refractivity contribution in [2.24, 2.45) is 0 Å². The molecule has 2 aromatic rings. The van der Waals surface area contributed by atoms with Crippen molar-refractivity contribution >= 4 is 11.9 Å². The third kappa shape index (κ3) is 4.34. The number of halogens is 1. The molecule has 0 saturated heterocycles. The molecule has 2 aromatic carbocycles. The van der Waals surface area contributed by atoms with Gasteiger partial charge in [-0.05, 0) is 92.1 Å². The lowest BCUT2D eigenvalue weighted by Gasteiger charge is -2.20. The van der Waals surface area contributed by atoms with Crippen molar-refractivity contribution in [3.05, 3.63) is 69.0 Å². The van der Waals surface area contributed by atoms with Crippen LogP contribution in [0.1, 0.15) is 50.7 Å². The quantitative estimate of drug-likeness (QED) is 0.730. The van der Waals surface area contributed by atoms with Crippen LogP contribution < -0.4 is 0 Å². The van der Waals surface area contributed by atoms with Gasteiger partial charge in [0.05, 0.1) is 13.0 Å². The molecular formula is C24H28FNO3. The molecule has 0 aliphatic carbocycles. The third-order valence-corrected chi connectivity index (χ3v) is 5.99. The van der Waals surface area contributed by atoms with Crippen LogP contribution in [0.15, 0.2) is 24.3 Å². The maximum atomic E-state index is 13.5. The normalized spacial score (nSPS) is 13.6. The molecular weight excluding hydrogens is 369 g/mol. The van der Waals surface area contributed by atoms with Crippen LogP contribution in [0.4, 0.5) is 4.39 Å². The zero-order valence-electron chi connectivity index (χ0n) is 17.6. The number of carbonyl (C=O) groups excluding carboxylic acids is 2. The van der Waals surface area contributed by atoms with Gasteiger partial charge in [-0.2, -0.15) is 0 Å². The van der Waals surface area contributed by atoms with E-state index in [1.165, 1.54) is 28.8 Å². The lowest BCUT2D eigenvalue weighted by Crippen LogP contribution is -2.33. The summed E-state index contributed by atoms with van der Waals surface area (Å²) in [5, 5.41) is 0. The van der Waals surface area contributed by atoms with Crippen molar-refractivity contribution in [1.29, 1.82) is 0 Å². The van der Waals surface area contributed by atoms with Crippen molar-refractivity contribution in [2.45, 2.75) is 47.0 Å². The van der Waals surface area contributed by atoms with E-state index in [9.17, 15) is 14.0 Å². The summed E-state index contributed by atoms with van der Waals surface area (Å²) in [6, 6.07) is 5.85. The predicted octanol–water partition coefficient (Wildman–Crippen LogP) is 4.10. The van der Waals surface area contributed by atoms with Crippen LogP contribution in [0.3, 0.4) is 0 Å². The first-order valence-corrected chi connectivity index (χ1v) is 10.1. The van der Waals surface area contributed by atoms with Crippen molar-refractivity contribution < 1.29 is 18.7 Å². The molecule has 154 valence electrons. The van der Waals surface area contributed by atoms with E-state index >= 15 is 0 Å². The molecule has 3 rings (SSSR count). The summed E-state index contributed by atoms with van der Waals surface area (Å²) in [7, 11) is 0. The molecule has 1 aliphatic rings. The summed E-state index contributed by atoms with van der Waals surface area (Å²) in [5.74, 6) is -0.759. The molecule has 1 aliphatic heterocycles. The Bertz CT molecular complexity index is 952. The fraction of sp³-hybridized carbons (Fsp3) is 0.417. The molecule has 4 nitrogen and oxygen atoms in total. The summed E-state index contributed by atoms with van der Waals surface area (Å²) in [6.45, 7) is 9.56. The lowest BCUT2D eigenvalue weighted by atomic mass is 9.85. The largest absolute Gasteiger partial charge is 0.466 e. The third-order valence-electron chi connectivity index (χ3n) is 5.99. The van der Waals surface area contributed by atoms with Gasteiger partial charge in [0.1, 0.15) is 5.82 Å². The zero-order valence-corrected chi connectivity index (χ0v) is 17.6. The minimum Gasteiger partial charge on any atom is -0.466 e. The predicted molar refractivity (Wildman–Crippen MR) is 111 cm³/mol. The van der Waals surface area contributed by atoms with Crippen molar-refractivity contribution in [3.63, 3.8) is 0 Å². The van der Waals surface area contributed by atoms with E-state index in [0.29, 0.717) is 25.3 Å². The maximum absolute atomic E-state index is 13.5.